The average Bonchev–Trinajstić information content (AvgIpc) is 3.24. The van der Waals surface area contributed by atoms with Crippen LogP contribution in [0.15, 0.2) is 41.4 Å². The minimum absolute atomic E-state index is 0.190. The molecule has 0 radical (unpaired) electrons. The summed E-state index contributed by atoms with van der Waals surface area (Å²) in [4.78, 5) is 17.6. The summed E-state index contributed by atoms with van der Waals surface area (Å²) in [6.07, 6.45) is 3.44. The molecular formula is C20H20N2O3S. The van der Waals surface area contributed by atoms with Crippen molar-refractivity contribution in [3.63, 3.8) is 0 Å². The molecule has 1 aliphatic heterocycles. The van der Waals surface area contributed by atoms with Crippen LogP contribution in [-0.2, 0) is 13.5 Å². The van der Waals surface area contributed by atoms with Gasteiger partial charge in [0.25, 0.3) is 5.91 Å². The number of amides is 1. The highest BCUT2D eigenvalue weighted by Gasteiger charge is 2.16. The van der Waals surface area contributed by atoms with Crippen LogP contribution < -0.4 is 14.3 Å². The van der Waals surface area contributed by atoms with Crippen molar-refractivity contribution < 1.29 is 14.3 Å². The molecule has 0 unspecified atom stereocenters. The maximum absolute atomic E-state index is 12.6. The van der Waals surface area contributed by atoms with E-state index in [9.17, 15) is 4.79 Å². The molecule has 5 nitrogen and oxygen atoms in total. The molecule has 26 heavy (non-hydrogen) atoms. The van der Waals surface area contributed by atoms with E-state index in [0.717, 1.165) is 16.6 Å². The fourth-order valence-corrected chi connectivity index (χ4v) is 4.08. The lowest BCUT2D eigenvalue weighted by atomic mass is 10.1. The fraction of sp³-hybridized carbons (Fsp3) is 0.300. The van der Waals surface area contributed by atoms with Crippen LogP contribution in [-0.4, -0.2) is 17.3 Å². The normalized spacial score (nSPS) is 13.5. The molecule has 0 saturated carbocycles. The minimum atomic E-state index is -0.281. The van der Waals surface area contributed by atoms with Crippen molar-refractivity contribution in [3.05, 3.63) is 52.3 Å². The van der Waals surface area contributed by atoms with Gasteiger partial charge in [0, 0.05) is 12.6 Å². The Bertz CT molecular complexity index is 1050. The summed E-state index contributed by atoms with van der Waals surface area (Å²) in [5, 5.41) is 0. The zero-order valence-corrected chi connectivity index (χ0v) is 15.6. The maximum Gasteiger partial charge on any atom is 0.279 e. The number of benzene rings is 2. The highest BCUT2D eigenvalue weighted by atomic mass is 32.1. The number of nitrogens with zero attached hydrogens (tertiary/aromatic N) is 2. The van der Waals surface area contributed by atoms with Crippen LogP contribution in [0.4, 0.5) is 0 Å². The Morgan fingerprint density at radius 1 is 1.19 bits per heavy atom. The van der Waals surface area contributed by atoms with Crippen LogP contribution in [0.25, 0.3) is 10.2 Å². The number of hydrogen-bond donors (Lipinski definition) is 0. The quantitative estimate of drug-likeness (QED) is 0.698. The Hall–Kier alpha value is -2.60. The SMILES string of the molecule is CCCCc1ccc2c(c1)sc(=NC(=O)c1ccc3c(c1)OCO3)n2C. The van der Waals surface area contributed by atoms with Gasteiger partial charge in [-0.25, -0.2) is 0 Å². The second-order valence-electron chi connectivity index (χ2n) is 6.33. The molecule has 0 spiro atoms. The van der Waals surface area contributed by atoms with E-state index in [-0.39, 0.29) is 12.7 Å². The Morgan fingerprint density at radius 2 is 2.04 bits per heavy atom. The molecule has 1 aliphatic rings. The van der Waals surface area contributed by atoms with E-state index in [1.165, 1.54) is 29.7 Å². The van der Waals surface area contributed by atoms with Crippen LogP contribution in [0.1, 0.15) is 35.7 Å². The first-order valence-electron chi connectivity index (χ1n) is 8.73. The molecule has 0 bridgehead atoms. The van der Waals surface area contributed by atoms with Crippen LogP contribution in [0, 0.1) is 0 Å². The van der Waals surface area contributed by atoms with Gasteiger partial charge < -0.3 is 14.0 Å². The molecule has 0 N–H and O–H groups in total. The van der Waals surface area contributed by atoms with E-state index in [1.807, 2.05) is 11.6 Å². The second-order valence-corrected chi connectivity index (χ2v) is 7.34. The zero-order chi connectivity index (χ0) is 18.1. The third kappa shape index (κ3) is 3.12. The summed E-state index contributed by atoms with van der Waals surface area (Å²) < 4.78 is 13.7. The molecule has 2 aromatic carbocycles. The van der Waals surface area contributed by atoms with Crippen molar-refractivity contribution in [2.75, 3.05) is 6.79 Å². The third-order valence-electron chi connectivity index (χ3n) is 4.51. The van der Waals surface area contributed by atoms with E-state index in [4.69, 9.17) is 9.47 Å². The van der Waals surface area contributed by atoms with E-state index < -0.39 is 0 Å². The highest BCUT2D eigenvalue weighted by Crippen LogP contribution is 2.32. The first kappa shape index (κ1) is 16.8. The Morgan fingerprint density at radius 3 is 2.88 bits per heavy atom. The molecule has 0 atom stereocenters. The molecule has 0 aliphatic carbocycles. The zero-order valence-electron chi connectivity index (χ0n) is 14.8. The van der Waals surface area contributed by atoms with Gasteiger partial charge in [-0.1, -0.05) is 30.7 Å². The monoisotopic (exact) mass is 368 g/mol. The van der Waals surface area contributed by atoms with Crippen molar-refractivity contribution in [2.45, 2.75) is 26.2 Å². The summed E-state index contributed by atoms with van der Waals surface area (Å²) in [7, 11) is 1.94. The predicted molar refractivity (Wildman–Crippen MR) is 102 cm³/mol. The van der Waals surface area contributed by atoms with Gasteiger partial charge in [0.05, 0.1) is 10.2 Å². The van der Waals surface area contributed by atoms with Gasteiger partial charge in [0.2, 0.25) is 6.79 Å². The van der Waals surface area contributed by atoms with Crippen molar-refractivity contribution >= 4 is 27.5 Å². The molecular weight excluding hydrogens is 348 g/mol. The molecule has 6 heteroatoms. The van der Waals surface area contributed by atoms with Crippen molar-refractivity contribution in [1.82, 2.24) is 4.57 Å². The largest absolute Gasteiger partial charge is 0.454 e. The number of carbonyl (C=O) groups excluding carboxylic acids is 1. The lowest BCUT2D eigenvalue weighted by Crippen LogP contribution is -2.13. The van der Waals surface area contributed by atoms with E-state index >= 15 is 0 Å². The van der Waals surface area contributed by atoms with Crippen LogP contribution in [0.5, 0.6) is 11.5 Å². The summed E-state index contributed by atoms with van der Waals surface area (Å²) in [5.74, 6) is 0.970. The number of carbonyl (C=O) groups is 1. The number of aromatic nitrogens is 1. The first-order valence-corrected chi connectivity index (χ1v) is 9.54. The van der Waals surface area contributed by atoms with Crippen LogP contribution in [0.2, 0.25) is 0 Å². The molecule has 0 fully saturated rings. The van der Waals surface area contributed by atoms with Crippen molar-refractivity contribution in [2.24, 2.45) is 12.0 Å². The summed E-state index contributed by atoms with van der Waals surface area (Å²) >= 11 is 1.54. The summed E-state index contributed by atoms with van der Waals surface area (Å²) in [5.41, 5.74) is 2.91. The number of fused-ring (bicyclic) bond motifs is 2. The van der Waals surface area contributed by atoms with Crippen LogP contribution in [0.3, 0.4) is 0 Å². The van der Waals surface area contributed by atoms with E-state index in [0.29, 0.717) is 21.9 Å². The van der Waals surface area contributed by atoms with Gasteiger partial charge in [-0.15, -0.1) is 0 Å². The molecule has 1 amide bonds. The minimum Gasteiger partial charge on any atom is -0.454 e. The first-order chi connectivity index (χ1) is 12.7. The molecule has 1 aromatic heterocycles. The lowest BCUT2D eigenvalue weighted by molar-refractivity contribution is 0.0997. The standard InChI is InChI=1S/C20H20N2O3S/c1-3-4-5-13-6-8-15-18(10-13)26-20(22(15)2)21-19(23)14-7-9-16-17(11-14)25-12-24-16/h6-11H,3-5,12H2,1-2H3. The molecule has 2 heterocycles. The van der Waals surface area contributed by atoms with Gasteiger partial charge in [0.15, 0.2) is 16.3 Å². The third-order valence-corrected chi connectivity index (χ3v) is 5.60. The summed E-state index contributed by atoms with van der Waals surface area (Å²) in [6, 6.07) is 11.6. The Kier molecular flexibility index (Phi) is 4.51. The van der Waals surface area contributed by atoms with Crippen LogP contribution >= 0.6 is 11.3 Å². The molecule has 0 saturated heterocycles. The number of aryl methyl sites for hydroxylation is 2. The Balaban J connectivity index is 1.68. The molecule has 134 valence electrons. The van der Waals surface area contributed by atoms with Gasteiger partial charge in [-0.2, -0.15) is 4.99 Å². The van der Waals surface area contributed by atoms with E-state index in [2.05, 4.69) is 30.1 Å². The number of hydrogen-bond acceptors (Lipinski definition) is 4. The predicted octanol–water partition coefficient (Wildman–Crippen LogP) is 4.05. The van der Waals surface area contributed by atoms with Gasteiger partial charge in [0.1, 0.15) is 0 Å². The van der Waals surface area contributed by atoms with Gasteiger partial charge in [-0.05, 0) is 48.7 Å². The second kappa shape index (κ2) is 6.96. The van der Waals surface area contributed by atoms with Gasteiger partial charge in [-0.3, -0.25) is 4.79 Å². The lowest BCUT2D eigenvalue weighted by Gasteiger charge is -2.00. The number of ether oxygens (including phenoxy) is 2. The number of thiazole rings is 1. The van der Waals surface area contributed by atoms with Crippen molar-refractivity contribution in [1.29, 1.82) is 0 Å². The van der Waals surface area contributed by atoms with Gasteiger partial charge >= 0.3 is 0 Å². The number of unbranched alkanes of at least 4 members (excludes halogenated alkanes) is 1. The Labute approximate surface area is 155 Å². The maximum atomic E-state index is 12.6. The fourth-order valence-electron chi connectivity index (χ4n) is 3.00. The van der Waals surface area contributed by atoms with E-state index in [1.54, 1.807) is 18.2 Å². The number of rotatable bonds is 4. The smallest absolute Gasteiger partial charge is 0.279 e. The molecule has 4 rings (SSSR count). The van der Waals surface area contributed by atoms with Crippen molar-refractivity contribution in [3.8, 4) is 11.5 Å². The summed E-state index contributed by atoms with van der Waals surface area (Å²) in [6.45, 7) is 2.39. The average molecular weight is 368 g/mol. The topological polar surface area (TPSA) is 52.8 Å². The highest BCUT2D eigenvalue weighted by molar-refractivity contribution is 7.16. The molecule has 3 aromatic rings.